The lowest BCUT2D eigenvalue weighted by molar-refractivity contribution is -0.136. The molecule has 1 heterocycles. The van der Waals surface area contributed by atoms with E-state index in [1.54, 1.807) is 20.8 Å². The molecule has 1 aromatic heterocycles. The van der Waals surface area contributed by atoms with E-state index in [1.807, 2.05) is 0 Å². The van der Waals surface area contributed by atoms with Crippen molar-refractivity contribution in [2.24, 2.45) is 0 Å². The van der Waals surface area contributed by atoms with E-state index in [0.29, 0.717) is 6.20 Å². The van der Waals surface area contributed by atoms with E-state index in [0.717, 1.165) is 22.8 Å². The van der Waals surface area contributed by atoms with Crippen molar-refractivity contribution in [2.75, 3.05) is 0 Å². The van der Waals surface area contributed by atoms with Crippen molar-refractivity contribution in [1.29, 1.82) is 0 Å². The van der Waals surface area contributed by atoms with Crippen molar-refractivity contribution in [3.05, 3.63) is 35.8 Å². The molecule has 3 nitrogen and oxygen atoms in total. The van der Waals surface area contributed by atoms with Gasteiger partial charge in [-0.15, -0.1) is 0 Å². The van der Waals surface area contributed by atoms with Gasteiger partial charge in [-0.05, 0) is 39.0 Å². The molecule has 0 aliphatic heterocycles. The molecule has 0 aliphatic carbocycles. The Morgan fingerprint density at radius 2 is 1.81 bits per heavy atom. The van der Waals surface area contributed by atoms with Gasteiger partial charge in [0.25, 0.3) is 0 Å². The fourth-order valence-electron chi connectivity index (χ4n) is 1.89. The average Bonchev–Trinajstić information content (AvgIpc) is 2.64. The first-order valence-corrected chi connectivity index (χ1v) is 6.10. The predicted molar refractivity (Wildman–Crippen MR) is 68.5 cm³/mol. The maximum atomic E-state index is 13.2. The van der Waals surface area contributed by atoms with E-state index in [1.165, 1.54) is 0 Å². The average molecular weight is 303 g/mol. The molecule has 21 heavy (non-hydrogen) atoms. The third-order valence-corrected chi connectivity index (χ3v) is 2.66. The quantitative estimate of drug-likeness (QED) is 0.667. The zero-order valence-electron chi connectivity index (χ0n) is 11.6. The van der Waals surface area contributed by atoms with Crippen LogP contribution >= 0.6 is 0 Å². The Kier molecular flexibility index (Phi) is 3.47. The van der Waals surface area contributed by atoms with Crippen molar-refractivity contribution in [2.45, 2.75) is 32.5 Å². The number of carbonyl (C=O) groups excluding carboxylic acids is 1. The molecule has 1 aromatic carbocycles. The number of rotatable bonds is 0. The Balaban J connectivity index is 2.63. The maximum Gasteiger partial charge on any atom is 0.419 e. The molecular formula is C14H13F4NO2. The maximum absolute atomic E-state index is 13.2. The van der Waals surface area contributed by atoms with Crippen LogP contribution in [0.3, 0.4) is 0 Å². The molecule has 0 atom stereocenters. The number of benzene rings is 1. The van der Waals surface area contributed by atoms with Crippen molar-refractivity contribution in [3.63, 3.8) is 0 Å². The lowest BCUT2D eigenvalue weighted by Crippen LogP contribution is -2.26. The first-order chi connectivity index (χ1) is 9.49. The van der Waals surface area contributed by atoms with Crippen LogP contribution in [-0.2, 0) is 10.9 Å². The number of ether oxygens (including phenoxy) is 1. The first kappa shape index (κ1) is 15.3. The number of alkyl halides is 3. The van der Waals surface area contributed by atoms with Gasteiger partial charge in [0.2, 0.25) is 0 Å². The molecule has 0 saturated heterocycles. The highest BCUT2D eigenvalue weighted by atomic mass is 19.4. The lowest BCUT2D eigenvalue weighted by atomic mass is 10.1. The Bertz CT molecular complexity index is 695. The summed E-state index contributed by atoms with van der Waals surface area (Å²) in [7, 11) is 0. The number of fused-ring (bicyclic) bond motifs is 1. The van der Waals surface area contributed by atoms with Gasteiger partial charge >= 0.3 is 12.3 Å². The van der Waals surface area contributed by atoms with Crippen LogP contribution in [0.2, 0.25) is 0 Å². The SMILES string of the molecule is CC(C)(C)OC(=O)n1cc(C(F)(F)F)c2cc(F)ccc21. The summed E-state index contributed by atoms with van der Waals surface area (Å²) >= 11 is 0. The first-order valence-electron chi connectivity index (χ1n) is 6.10. The van der Waals surface area contributed by atoms with Crippen molar-refractivity contribution in [3.8, 4) is 0 Å². The second-order valence-corrected chi connectivity index (χ2v) is 5.55. The van der Waals surface area contributed by atoms with Gasteiger partial charge in [0, 0.05) is 11.6 Å². The Labute approximate surface area is 118 Å². The third kappa shape index (κ3) is 3.17. The van der Waals surface area contributed by atoms with Crippen molar-refractivity contribution in [1.82, 2.24) is 4.57 Å². The van der Waals surface area contributed by atoms with Crippen LogP contribution in [0.4, 0.5) is 22.4 Å². The number of carbonyl (C=O) groups is 1. The third-order valence-electron chi connectivity index (χ3n) is 2.66. The van der Waals surface area contributed by atoms with Crippen LogP contribution in [0.1, 0.15) is 26.3 Å². The van der Waals surface area contributed by atoms with Crippen LogP contribution in [0.5, 0.6) is 0 Å². The van der Waals surface area contributed by atoms with E-state index in [9.17, 15) is 22.4 Å². The van der Waals surface area contributed by atoms with E-state index in [2.05, 4.69) is 0 Å². The van der Waals surface area contributed by atoms with Crippen LogP contribution in [0.15, 0.2) is 24.4 Å². The van der Waals surface area contributed by atoms with Crippen LogP contribution < -0.4 is 0 Å². The van der Waals surface area contributed by atoms with Crippen LogP contribution in [0, 0.1) is 5.82 Å². The van der Waals surface area contributed by atoms with Gasteiger partial charge in [0.15, 0.2) is 0 Å². The zero-order valence-corrected chi connectivity index (χ0v) is 11.6. The van der Waals surface area contributed by atoms with Crippen LogP contribution in [0.25, 0.3) is 10.9 Å². The summed E-state index contributed by atoms with van der Waals surface area (Å²) in [5.74, 6) is -0.810. The van der Waals surface area contributed by atoms with Crippen LogP contribution in [-0.4, -0.2) is 16.3 Å². The summed E-state index contributed by atoms with van der Waals surface area (Å²) in [5.41, 5.74) is -1.99. The Morgan fingerprint density at radius 3 is 2.33 bits per heavy atom. The van der Waals surface area contributed by atoms with Gasteiger partial charge in [-0.2, -0.15) is 13.2 Å². The molecule has 114 valence electrons. The number of nitrogens with zero attached hydrogens (tertiary/aromatic N) is 1. The minimum Gasteiger partial charge on any atom is -0.443 e. The molecule has 7 heteroatoms. The second-order valence-electron chi connectivity index (χ2n) is 5.55. The summed E-state index contributed by atoms with van der Waals surface area (Å²) in [6.07, 6.45) is -5.02. The van der Waals surface area contributed by atoms with Gasteiger partial charge in [-0.25, -0.2) is 9.18 Å². The van der Waals surface area contributed by atoms with Gasteiger partial charge in [-0.1, -0.05) is 0 Å². The Hall–Kier alpha value is -2.05. The predicted octanol–water partition coefficient (Wildman–Crippen LogP) is 4.58. The van der Waals surface area contributed by atoms with E-state index in [4.69, 9.17) is 4.74 Å². The standard InChI is InChI=1S/C14H13F4NO2/c1-13(2,3)21-12(20)19-7-10(14(16,17)18)9-6-8(15)4-5-11(9)19/h4-7H,1-3H3. The minimum atomic E-state index is -4.70. The molecular weight excluding hydrogens is 290 g/mol. The molecule has 0 amide bonds. The smallest absolute Gasteiger partial charge is 0.419 e. The zero-order chi connectivity index (χ0) is 16.0. The highest BCUT2D eigenvalue weighted by Crippen LogP contribution is 2.36. The van der Waals surface area contributed by atoms with Crippen molar-refractivity contribution >= 4 is 17.0 Å². The van der Waals surface area contributed by atoms with E-state index < -0.39 is 29.3 Å². The monoisotopic (exact) mass is 303 g/mol. The summed E-state index contributed by atoms with van der Waals surface area (Å²) in [4.78, 5) is 12.0. The number of aromatic nitrogens is 1. The largest absolute Gasteiger partial charge is 0.443 e. The molecule has 2 rings (SSSR count). The lowest BCUT2D eigenvalue weighted by Gasteiger charge is -2.19. The normalized spacial score (nSPS) is 12.7. The van der Waals surface area contributed by atoms with Gasteiger partial charge in [0.1, 0.15) is 11.4 Å². The highest BCUT2D eigenvalue weighted by Gasteiger charge is 2.36. The molecule has 0 bridgehead atoms. The van der Waals surface area contributed by atoms with Gasteiger partial charge < -0.3 is 4.74 Å². The molecule has 0 unspecified atom stereocenters. The van der Waals surface area contributed by atoms with E-state index in [-0.39, 0.29) is 10.9 Å². The summed E-state index contributed by atoms with van der Waals surface area (Å²) < 4.78 is 57.9. The molecule has 2 aromatic rings. The number of hydrogen-bond acceptors (Lipinski definition) is 2. The fraction of sp³-hybridized carbons (Fsp3) is 0.357. The second kappa shape index (κ2) is 4.75. The number of hydrogen-bond donors (Lipinski definition) is 0. The molecule has 0 N–H and O–H groups in total. The minimum absolute atomic E-state index is 0.0574. The topological polar surface area (TPSA) is 31.2 Å². The number of halogens is 4. The summed E-state index contributed by atoms with van der Waals surface area (Å²) in [6, 6.07) is 2.85. The molecule has 0 spiro atoms. The van der Waals surface area contributed by atoms with Gasteiger partial charge in [-0.3, -0.25) is 4.57 Å². The van der Waals surface area contributed by atoms with Gasteiger partial charge in [0.05, 0.1) is 11.1 Å². The molecule has 0 radical (unpaired) electrons. The van der Waals surface area contributed by atoms with Crippen molar-refractivity contribution < 1.29 is 27.1 Å². The highest BCUT2D eigenvalue weighted by molar-refractivity contribution is 5.92. The summed E-state index contributed by atoms with van der Waals surface area (Å²) in [6.45, 7) is 4.79. The van der Waals surface area contributed by atoms with E-state index >= 15 is 0 Å². The molecule has 0 aliphatic rings. The Morgan fingerprint density at radius 1 is 1.19 bits per heavy atom. The molecule has 0 fully saturated rings. The fourth-order valence-corrected chi connectivity index (χ4v) is 1.89. The summed E-state index contributed by atoms with van der Waals surface area (Å²) in [5, 5.41) is -0.381. The molecule has 0 saturated carbocycles.